The molecule has 0 fully saturated rings. The van der Waals surface area contributed by atoms with E-state index >= 15 is 0 Å². The largest absolute Gasteiger partial charge is 0.0991 e. The Labute approximate surface area is 75.3 Å². The third-order valence-corrected chi connectivity index (χ3v) is 1.48. The van der Waals surface area contributed by atoms with Crippen molar-refractivity contribution < 1.29 is 0 Å². The fourth-order valence-corrected chi connectivity index (χ4v) is 0.663. The molecule has 0 heteroatoms. The van der Waals surface area contributed by atoms with Gasteiger partial charge < -0.3 is 0 Å². The maximum absolute atomic E-state index is 3.91. The summed E-state index contributed by atoms with van der Waals surface area (Å²) in [6.45, 7) is 11.5. The molecule has 0 aliphatic heterocycles. The number of hydrogen-bond acceptors (Lipinski definition) is 0. The summed E-state index contributed by atoms with van der Waals surface area (Å²) >= 11 is 0. The van der Waals surface area contributed by atoms with Crippen LogP contribution in [0.15, 0.2) is 60.8 Å². The third-order valence-electron chi connectivity index (χ3n) is 1.48. The zero-order valence-electron chi connectivity index (χ0n) is 7.88. The summed E-state index contributed by atoms with van der Waals surface area (Å²) in [5, 5.41) is 0. The molecule has 12 heavy (non-hydrogen) atoms. The van der Waals surface area contributed by atoms with Gasteiger partial charge in [0.05, 0.1) is 0 Å². The van der Waals surface area contributed by atoms with Crippen molar-refractivity contribution in [2.45, 2.75) is 13.8 Å². The van der Waals surface area contributed by atoms with Gasteiger partial charge in [0.1, 0.15) is 0 Å². The molecule has 0 bridgehead atoms. The van der Waals surface area contributed by atoms with Crippen LogP contribution >= 0.6 is 0 Å². The van der Waals surface area contributed by atoms with Gasteiger partial charge in [0.15, 0.2) is 0 Å². The summed E-state index contributed by atoms with van der Waals surface area (Å²) in [5.74, 6) is 0. The summed E-state index contributed by atoms with van der Waals surface area (Å²) in [6, 6.07) is 0. The number of hydrogen-bond donors (Lipinski definition) is 0. The standard InChI is InChI=1S/C12H16/c1-5-7-9-11(3)12(4)10-8-6-2/h5-10H,1,3H2,2,4H3/b8-6-,9-7?,12-10?. The van der Waals surface area contributed by atoms with Crippen molar-refractivity contribution in [1.82, 2.24) is 0 Å². The van der Waals surface area contributed by atoms with Crippen molar-refractivity contribution in [2.75, 3.05) is 0 Å². The highest BCUT2D eigenvalue weighted by Crippen LogP contribution is 2.07. The van der Waals surface area contributed by atoms with Gasteiger partial charge >= 0.3 is 0 Å². The van der Waals surface area contributed by atoms with Gasteiger partial charge in [0.25, 0.3) is 0 Å². The van der Waals surface area contributed by atoms with E-state index in [1.807, 2.05) is 44.2 Å². The molecule has 0 amide bonds. The van der Waals surface area contributed by atoms with Crippen LogP contribution in [0.4, 0.5) is 0 Å². The average Bonchev–Trinajstić information content (AvgIpc) is 2.10. The Bertz CT molecular complexity index is 237. The lowest BCUT2D eigenvalue weighted by Gasteiger charge is -1.96. The Morgan fingerprint density at radius 1 is 1.25 bits per heavy atom. The minimum atomic E-state index is 1.02. The smallest absolute Gasteiger partial charge is 0.0299 e. The van der Waals surface area contributed by atoms with Gasteiger partial charge in [-0.25, -0.2) is 0 Å². The van der Waals surface area contributed by atoms with Crippen molar-refractivity contribution in [3.05, 3.63) is 60.8 Å². The second kappa shape index (κ2) is 6.41. The highest BCUT2D eigenvalue weighted by atomic mass is 13.9. The summed E-state index contributed by atoms with van der Waals surface area (Å²) in [7, 11) is 0. The van der Waals surface area contributed by atoms with Crippen molar-refractivity contribution in [2.24, 2.45) is 0 Å². The van der Waals surface area contributed by atoms with E-state index in [4.69, 9.17) is 0 Å². The van der Waals surface area contributed by atoms with Crippen LogP contribution in [0.2, 0.25) is 0 Å². The van der Waals surface area contributed by atoms with Crippen molar-refractivity contribution in [1.29, 1.82) is 0 Å². The Kier molecular flexibility index (Phi) is 5.72. The van der Waals surface area contributed by atoms with E-state index in [1.54, 1.807) is 6.08 Å². The van der Waals surface area contributed by atoms with E-state index in [0.717, 1.165) is 5.57 Å². The van der Waals surface area contributed by atoms with E-state index in [9.17, 15) is 0 Å². The van der Waals surface area contributed by atoms with E-state index in [2.05, 4.69) is 13.2 Å². The second-order valence-corrected chi connectivity index (χ2v) is 2.50. The van der Waals surface area contributed by atoms with Gasteiger partial charge in [0, 0.05) is 0 Å². The molecule has 0 atom stereocenters. The van der Waals surface area contributed by atoms with Crippen molar-refractivity contribution >= 4 is 0 Å². The molecule has 0 aromatic heterocycles. The summed E-state index contributed by atoms with van der Waals surface area (Å²) in [4.78, 5) is 0. The molecular formula is C12H16. The molecule has 0 aromatic rings. The molecule has 0 saturated heterocycles. The highest BCUT2D eigenvalue weighted by Gasteiger charge is 1.87. The molecule has 0 nitrogen and oxygen atoms in total. The summed E-state index contributed by atoms with van der Waals surface area (Å²) < 4.78 is 0. The maximum Gasteiger partial charge on any atom is -0.0299 e. The topological polar surface area (TPSA) is 0 Å². The van der Waals surface area contributed by atoms with Gasteiger partial charge in [-0.2, -0.15) is 0 Å². The molecule has 0 saturated carbocycles. The minimum absolute atomic E-state index is 1.02. The lowest BCUT2D eigenvalue weighted by Crippen LogP contribution is -1.76. The van der Waals surface area contributed by atoms with Crippen LogP contribution < -0.4 is 0 Å². The fourth-order valence-electron chi connectivity index (χ4n) is 0.663. The molecule has 0 aliphatic rings. The van der Waals surface area contributed by atoms with Crippen LogP contribution in [0.1, 0.15) is 13.8 Å². The molecule has 0 radical (unpaired) electrons. The van der Waals surface area contributed by atoms with Crippen molar-refractivity contribution in [3.63, 3.8) is 0 Å². The van der Waals surface area contributed by atoms with Crippen molar-refractivity contribution in [3.8, 4) is 0 Å². The third kappa shape index (κ3) is 4.51. The zero-order valence-corrected chi connectivity index (χ0v) is 7.88. The zero-order chi connectivity index (χ0) is 9.40. The molecule has 0 N–H and O–H groups in total. The van der Waals surface area contributed by atoms with Crippen LogP contribution in [0.25, 0.3) is 0 Å². The van der Waals surface area contributed by atoms with Crippen LogP contribution in [0.5, 0.6) is 0 Å². The Morgan fingerprint density at radius 3 is 2.42 bits per heavy atom. The predicted octanol–water partition coefficient (Wildman–Crippen LogP) is 3.81. The van der Waals surface area contributed by atoms with Gasteiger partial charge in [-0.15, -0.1) is 0 Å². The van der Waals surface area contributed by atoms with Crippen LogP contribution in [-0.4, -0.2) is 0 Å². The molecule has 0 unspecified atom stereocenters. The molecule has 0 spiro atoms. The first-order valence-corrected chi connectivity index (χ1v) is 4.00. The van der Waals surface area contributed by atoms with Crippen LogP contribution in [0.3, 0.4) is 0 Å². The maximum atomic E-state index is 3.91. The lowest BCUT2D eigenvalue weighted by atomic mass is 10.1. The molecular weight excluding hydrogens is 144 g/mol. The number of allylic oxidation sites excluding steroid dienone is 8. The normalized spacial score (nSPS) is 12.7. The second-order valence-electron chi connectivity index (χ2n) is 2.50. The number of rotatable bonds is 4. The average molecular weight is 160 g/mol. The highest BCUT2D eigenvalue weighted by molar-refractivity contribution is 5.38. The summed E-state index contributed by atoms with van der Waals surface area (Å²) in [6.07, 6.45) is 11.6. The van der Waals surface area contributed by atoms with Gasteiger partial charge in [0.2, 0.25) is 0 Å². The Morgan fingerprint density at radius 2 is 1.92 bits per heavy atom. The molecule has 0 aliphatic carbocycles. The first-order chi connectivity index (χ1) is 5.72. The quantitative estimate of drug-likeness (QED) is 0.549. The molecule has 64 valence electrons. The van der Waals surface area contributed by atoms with Crippen LogP contribution in [0, 0.1) is 0 Å². The molecule has 0 rings (SSSR count). The SMILES string of the molecule is C=CC=CC(=C)C(C)=C/C=C\C. The summed E-state index contributed by atoms with van der Waals surface area (Å²) in [5.41, 5.74) is 2.19. The van der Waals surface area contributed by atoms with E-state index < -0.39 is 0 Å². The van der Waals surface area contributed by atoms with E-state index in [-0.39, 0.29) is 0 Å². The Balaban J connectivity index is 4.28. The molecule has 0 aromatic carbocycles. The monoisotopic (exact) mass is 160 g/mol. The van der Waals surface area contributed by atoms with Crippen LogP contribution in [-0.2, 0) is 0 Å². The lowest BCUT2D eigenvalue weighted by molar-refractivity contribution is 1.44. The fraction of sp³-hybridized carbons (Fsp3) is 0.167. The van der Waals surface area contributed by atoms with Gasteiger partial charge in [-0.05, 0) is 25.0 Å². The first kappa shape index (κ1) is 10.7. The first-order valence-electron chi connectivity index (χ1n) is 4.00. The van der Waals surface area contributed by atoms with E-state index in [1.165, 1.54) is 5.57 Å². The van der Waals surface area contributed by atoms with Gasteiger partial charge in [-0.1, -0.05) is 49.6 Å². The van der Waals surface area contributed by atoms with E-state index in [0.29, 0.717) is 0 Å². The predicted molar refractivity (Wildman–Crippen MR) is 57.0 cm³/mol. The Hall–Kier alpha value is -1.30. The molecule has 0 heterocycles. The minimum Gasteiger partial charge on any atom is -0.0991 e. The van der Waals surface area contributed by atoms with Gasteiger partial charge in [-0.3, -0.25) is 0 Å².